The van der Waals surface area contributed by atoms with Gasteiger partial charge in [-0.05, 0) is 43.4 Å². The van der Waals surface area contributed by atoms with Crippen molar-refractivity contribution in [2.45, 2.75) is 38.1 Å². The fourth-order valence-electron chi connectivity index (χ4n) is 3.48. The lowest BCUT2D eigenvalue weighted by atomic mass is 9.93. The maximum atomic E-state index is 12.3. The van der Waals surface area contributed by atoms with E-state index in [0.29, 0.717) is 12.8 Å². The average Bonchev–Trinajstić information content (AvgIpc) is 3.20. The molecule has 1 aromatic heterocycles. The van der Waals surface area contributed by atoms with Gasteiger partial charge in [-0.2, -0.15) is 5.10 Å². The number of nitrogens with one attached hydrogen (secondary N) is 1. The van der Waals surface area contributed by atoms with Crippen molar-refractivity contribution in [1.29, 1.82) is 0 Å². The van der Waals surface area contributed by atoms with Gasteiger partial charge in [0.05, 0.1) is 12.2 Å². The number of nitrogens with zero attached hydrogens (tertiary/aromatic N) is 2. The summed E-state index contributed by atoms with van der Waals surface area (Å²) in [6, 6.07) is 5.93. The lowest BCUT2D eigenvalue weighted by Crippen LogP contribution is -2.31. The Bertz CT molecular complexity index is 769. The molecule has 1 amide bonds. The van der Waals surface area contributed by atoms with Gasteiger partial charge in [0.25, 0.3) is 0 Å². The molecule has 1 aliphatic carbocycles. The molecule has 2 aliphatic rings. The summed E-state index contributed by atoms with van der Waals surface area (Å²) >= 11 is 0. The molecule has 0 radical (unpaired) electrons. The third-order valence-corrected chi connectivity index (χ3v) is 4.79. The first-order valence-electron chi connectivity index (χ1n) is 8.39. The van der Waals surface area contributed by atoms with Crippen molar-refractivity contribution < 1.29 is 14.3 Å². The monoisotopic (exact) mass is 327 g/mol. The second-order valence-corrected chi connectivity index (χ2v) is 6.37. The van der Waals surface area contributed by atoms with Gasteiger partial charge < -0.3 is 14.8 Å². The molecular weight excluding hydrogens is 306 g/mol. The third-order valence-electron chi connectivity index (χ3n) is 4.79. The van der Waals surface area contributed by atoms with E-state index in [2.05, 4.69) is 10.4 Å². The molecule has 4 rings (SSSR count). The highest BCUT2D eigenvalue weighted by Gasteiger charge is 2.24. The molecule has 1 atom stereocenters. The second-order valence-electron chi connectivity index (χ2n) is 6.37. The number of rotatable bonds is 4. The van der Waals surface area contributed by atoms with E-state index in [-0.39, 0.29) is 18.7 Å². The Hall–Kier alpha value is -2.50. The topological polar surface area (TPSA) is 65.4 Å². The molecule has 24 heavy (non-hydrogen) atoms. The third kappa shape index (κ3) is 2.84. The van der Waals surface area contributed by atoms with Crippen LogP contribution in [0.5, 0.6) is 11.5 Å². The lowest BCUT2D eigenvalue weighted by molar-refractivity contribution is -0.121. The van der Waals surface area contributed by atoms with Gasteiger partial charge in [0, 0.05) is 24.7 Å². The van der Waals surface area contributed by atoms with E-state index >= 15 is 0 Å². The maximum Gasteiger partial charge on any atom is 0.231 e. The van der Waals surface area contributed by atoms with Gasteiger partial charge in [0.1, 0.15) is 0 Å². The number of benzene rings is 1. The van der Waals surface area contributed by atoms with Crippen LogP contribution in [0.2, 0.25) is 0 Å². The molecule has 126 valence electrons. The minimum atomic E-state index is 0.0781. The van der Waals surface area contributed by atoms with E-state index in [1.54, 1.807) is 0 Å². The zero-order valence-electron chi connectivity index (χ0n) is 13.7. The first kappa shape index (κ1) is 15.1. The predicted octanol–water partition coefficient (Wildman–Crippen LogP) is 2.28. The fraction of sp³-hybridized carbons (Fsp3) is 0.444. The number of carbonyl (C=O) groups excluding carboxylic acids is 1. The van der Waals surface area contributed by atoms with Crippen molar-refractivity contribution in [3.05, 3.63) is 41.2 Å². The molecule has 0 bridgehead atoms. The summed E-state index contributed by atoms with van der Waals surface area (Å²) in [5, 5.41) is 7.48. The Kier molecular flexibility index (Phi) is 3.88. The van der Waals surface area contributed by atoms with Crippen LogP contribution in [0.4, 0.5) is 0 Å². The Morgan fingerprint density at radius 1 is 1.38 bits per heavy atom. The summed E-state index contributed by atoms with van der Waals surface area (Å²) in [5.41, 5.74) is 3.49. The quantitative estimate of drug-likeness (QED) is 0.935. The predicted molar refractivity (Wildman–Crippen MR) is 87.9 cm³/mol. The molecule has 6 nitrogen and oxygen atoms in total. The van der Waals surface area contributed by atoms with E-state index in [1.807, 2.05) is 36.1 Å². The van der Waals surface area contributed by atoms with Crippen LogP contribution >= 0.6 is 0 Å². The van der Waals surface area contributed by atoms with Gasteiger partial charge >= 0.3 is 0 Å². The maximum absolute atomic E-state index is 12.3. The van der Waals surface area contributed by atoms with Crippen molar-refractivity contribution in [3.8, 4) is 11.5 Å². The Labute approximate surface area is 140 Å². The van der Waals surface area contributed by atoms with Crippen molar-refractivity contribution in [2.75, 3.05) is 6.79 Å². The highest BCUT2D eigenvalue weighted by atomic mass is 16.7. The second kappa shape index (κ2) is 6.19. The van der Waals surface area contributed by atoms with Crippen molar-refractivity contribution in [1.82, 2.24) is 15.1 Å². The average molecular weight is 327 g/mol. The zero-order chi connectivity index (χ0) is 16.5. The molecule has 1 aromatic carbocycles. The van der Waals surface area contributed by atoms with Gasteiger partial charge in [-0.1, -0.05) is 6.07 Å². The molecule has 0 fully saturated rings. The number of amides is 1. The van der Waals surface area contributed by atoms with Gasteiger partial charge in [-0.15, -0.1) is 0 Å². The standard InChI is InChI=1S/C18H21N3O3/c1-21-15-4-2-3-14(13(15)10-19-21)20-18(22)8-6-12-5-7-16-17(9-12)24-11-23-16/h5,7,9-10,14H,2-4,6,8,11H2,1H3,(H,20,22). The Morgan fingerprint density at radius 3 is 3.17 bits per heavy atom. The van der Waals surface area contributed by atoms with Crippen LogP contribution < -0.4 is 14.8 Å². The minimum Gasteiger partial charge on any atom is -0.454 e. The van der Waals surface area contributed by atoms with Crippen LogP contribution in [-0.4, -0.2) is 22.5 Å². The fourth-order valence-corrected chi connectivity index (χ4v) is 3.48. The van der Waals surface area contributed by atoms with Gasteiger partial charge in [0.15, 0.2) is 11.5 Å². The van der Waals surface area contributed by atoms with Crippen molar-refractivity contribution >= 4 is 5.91 Å². The lowest BCUT2D eigenvalue weighted by Gasteiger charge is -2.23. The number of ether oxygens (including phenoxy) is 2. The zero-order valence-corrected chi connectivity index (χ0v) is 13.7. The van der Waals surface area contributed by atoms with E-state index in [4.69, 9.17) is 9.47 Å². The molecule has 1 unspecified atom stereocenters. The number of carbonyl (C=O) groups is 1. The molecule has 1 aliphatic heterocycles. The normalized spacial score (nSPS) is 18.3. The summed E-state index contributed by atoms with van der Waals surface area (Å²) in [6.45, 7) is 0.272. The largest absolute Gasteiger partial charge is 0.454 e. The number of aromatic nitrogens is 2. The highest BCUT2D eigenvalue weighted by Crippen LogP contribution is 2.33. The Morgan fingerprint density at radius 2 is 2.25 bits per heavy atom. The Balaban J connectivity index is 1.36. The smallest absolute Gasteiger partial charge is 0.231 e. The van der Waals surface area contributed by atoms with E-state index in [1.165, 1.54) is 11.3 Å². The van der Waals surface area contributed by atoms with Gasteiger partial charge in [-0.3, -0.25) is 9.48 Å². The van der Waals surface area contributed by atoms with Crippen LogP contribution in [0.15, 0.2) is 24.4 Å². The molecule has 1 N–H and O–H groups in total. The van der Waals surface area contributed by atoms with Crippen LogP contribution in [0.25, 0.3) is 0 Å². The molecule has 0 saturated carbocycles. The van der Waals surface area contributed by atoms with Crippen LogP contribution in [-0.2, 0) is 24.7 Å². The number of hydrogen-bond acceptors (Lipinski definition) is 4. The molecule has 2 aromatic rings. The first-order chi connectivity index (χ1) is 11.7. The molecule has 6 heteroatoms. The summed E-state index contributed by atoms with van der Waals surface area (Å²) in [6.07, 6.45) is 6.14. The molecule has 2 heterocycles. The highest BCUT2D eigenvalue weighted by molar-refractivity contribution is 5.76. The first-order valence-corrected chi connectivity index (χ1v) is 8.39. The van der Waals surface area contributed by atoms with Gasteiger partial charge in [0.2, 0.25) is 12.7 Å². The van der Waals surface area contributed by atoms with Crippen LogP contribution in [0.1, 0.15) is 42.1 Å². The summed E-state index contributed by atoms with van der Waals surface area (Å²) in [7, 11) is 1.96. The minimum absolute atomic E-state index is 0.0781. The molecule has 0 saturated heterocycles. The summed E-state index contributed by atoms with van der Waals surface area (Å²) < 4.78 is 12.6. The molecular formula is C18H21N3O3. The van der Waals surface area contributed by atoms with E-state index < -0.39 is 0 Å². The van der Waals surface area contributed by atoms with E-state index in [0.717, 1.165) is 36.3 Å². The number of fused-ring (bicyclic) bond motifs is 2. The molecule has 0 spiro atoms. The SMILES string of the molecule is Cn1ncc2c1CCCC2NC(=O)CCc1ccc2c(c1)OCO2. The number of hydrogen-bond donors (Lipinski definition) is 1. The van der Waals surface area contributed by atoms with Crippen molar-refractivity contribution in [2.24, 2.45) is 7.05 Å². The van der Waals surface area contributed by atoms with Crippen LogP contribution in [0.3, 0.4) is 0 Å². The van der Waals surface area contributed by atoms with E-state index in [9.17, 15) is 4.79 Å². The number of aryl methyl sites for hydroxylation is 2. The summed E-state index contributed by atoms with van der Waals surface area (Å²) in [4.78, 5) is 12.3. The van der Waals surface area contributed by atoms with Crippen LogP contribution in [0, 0.1) is 0 Å². The van der Waals surface area contributed by atoms with Crippen molar-refractivity contribution in [3.63, 3.8) is 0 Å². The summed E-state index contributed by atoms with van der Waals surface area (Å²) in [5.74, 6) is 1.61. The van der Waals surface area contributed by atoms with Gasteiger partial charge in [-0.25, -0.2) is 0 Å².